The van der Waals surface area contributed by atoms with Crippen LogP contribution in [0.1, 0.15) is 142 Å². The fourth-order valence-electron chi connectivity index (χ4n) is 4.36. The van der Waals surface area contributed by atoms with Gasteiger partial charge in [-0.1, -0.05) is 140 Å². The first-order chi connectivity index (χ1) is 20.5. The summed E-state index contributed by atoms with van der Waals surface area (Å²) in [6.07, 6.45) is 34.9. The lowest BCUT2D eigenvalue weighted by Crippen LogP contribution is -2.28. The standard InChI is InChI=1S/C36H62O6/c1-3-5-7-8-9-10-15-19-22-26-30-36(40)42-34(31-37)32-41-35(39)29-25-21-18-16-13-11-12-14-17-20-24-28-33(38)27-23-6-4-2/h11-12,16-18,20,24,28,33-34,37-38H,3-10,13-15,19,21-23,25-27,29-32H2,1-2H3/b12-11-,18-16-,20-17-,28-24+/t33-,34+/m1/s1. The van der Waals surface area contributed by atoms with Crippen molar-refractivity contribution < 1.29 is 29.3 Å². The first kappa shape index (κ1) is 39.8. The van der Waals surface area contributed by atoms with Gasteiger partial charge in [-0.15, -0.1) is 0 Å². The van der Waals surface area contributed by atoms with Gasteiger partial charge in [0.25, 0.3) is 0 Å². The molecule has 0 aliphatic rings. The van der Waals surface area contributed by atoms with Gasteiger partial charge in [0.2, 0.25) is 0 Å². The molecule has 42 heavy (non-hydrogen) atoms. The molecule has 0 radical (unpaired) electrons. The number of allylic oxidation sites excluding steroid dienone is 7. The average Bonchev–Trinajstić information content (AvgIpc) is 2.98. The van der Waals surface area contributed by atoms with Crippen molar-refractivity contribution in [2.75, 3.05) is 13.2 Å². The molecule has 2 N–H and O–H groups in total. The Morgan fingerprint density at radius 1 is 0.667 bits per heavy atom. The molecule has 0 unspecified atom stereocenters. The summed E-state index contributed by atoms with van der Waals surface area (Å²) in [6.45, 7) is 3.92. The van der Waals surface area contributed by atoms with Crippen LogP contribution in [0.5, 0.6) is 0 Å². The van der Waals surface area contributed by atoms with E-state index in [-0.39, 0.29) is 37.7 Å². The van der Waals surface area contributed by atoms with E-state index in [1.807, 2.05) is 18.2 Å². The molecule has 0 saturated heterocycles. The molecule has 0 aliphatic carbocycles. The second-order valence-corrected chi connectivity index (χ2v) is 11.1. The van der Waals surface area contributed by atoms with Crippen LogP contribution in [0.15, 0.2) is 48.6 Å². The molecule has 0 spiro atoms. The molecular formula is C36H62O6. The van der Waals surface area contributed by atoms with Gasteiger partial charge in [-0.2, -0.15) is 0 Å². The summed E-state index contributed by atoms with van der Waals surface area (Å²) < 4.78 is 10.5. The van der Waals surface area contributed by atoms with Crippen molar-refractivity contribution in [2.45, 2.75) is 154 Å². The smallest absolute Gasteiger partial charge is 0.306 e. The molecule has 0 aromatic carbocycles. The van der Waals surface area contributed by atoms with Crippen molar-refractivity contribution in [3.8, 4) is 0 Å². The molecule has 6 heteroatoms. The largest absolute Gasteiger partial charge is 0.462 e. The predicted octanol–water partition coefficient (Wildman–Crippen LogP) is 8.86. The molecule has 0 aromatic heterocycles. The maximum absolute atomic E-state index is 12.0. The van der Waals surface area contributed by atoms with Gasteiger partial charge in [0, 0.05) is 12.8 Å². The van der Waals surface area contributed by atoms with Crippen molar-refractivity contribution in [3.05, 3.63) is 48.6 Å². The first-order valence-electron chi connectivity index (χ1n) is 16.8. The minimum atomic E-state index is -0.802. The number of aliphatic hydroxyl groups is 2. The minimum Gasteiger partial charge on any atom is -0.462 e. The lowest BCUT2D eigenvalue weighted by atomic mass is 10.1. The molecule has 0 aliphatic heterocycles. The van der Waals surface area contributed by atoms with Crippen molar-refractivity contribution in [2.24, 2.45) is 0 Å². The van der Waals surface area contributed by atoms with E-state index in [1.54, 1.807) is 0 Å². The highest BCUT2D eigenvalue weighted by Gasteiger charge is 2.16. The maximum atomic E-state index is 12.0. The predicted molar refractivity (Wildman–Crippen MR) is 174 cm³/mol. The van der Waals surface area contributed by atoms with E-state index < -0.39 is 6.10 Å². The van der Waals surface area contributed by atoms with Crippen LogP contribution >= 0.6 is 0 Å². The Hall–Kier alpha value is -2.18. The number of carbonyl (C=O) groups excluding carboxylic acids is 2. The molecule has 2 atom stereocenters. The number of esters is 2. The normalized spacial score (nSPS) is 13.5. The zero-order chi connectivity index (χ0) is 30.9. The number of unbranched alkanes of at least 4 members (excludes halogenated alkanes) is 12. The van der Waals surface area contributed by atoms with Gasteiger partial charge in [0.15, 0.2) is 6.10 Å². The lowest BCUT2D eigenvalue weighted by molar-refractivity contribution is -0.161. The third-order valence-corrected chi connectivity index (χ3v) is 6.98. The van der Waals surface area contributed by atoms with Crippen LogP contribution in [0.3, 0.4) is 0 Å². The summed E-state index contributed by atoms with van der Waals surface area (Å²) in [5, 5.41) is 19.3. The highest BCUT2D eigenvalue weighted by atomic mass is 16.6. The van der Waals surface area contributed by atoms with Gasteiger partial charge in [0.05, 0.1) is 12.7 Å². The monoisotopic (exact) mass is 590 g/mol. The molecule has 0 heterocycles. The average molecular weight is 591 g/mol. The van der Waals surface area contributed by atoms with Crippen LogP contribution < -0.4 is 0 Å². The zero-order valence-electron chi connectivity index (χ0n) is 26.9. The molecule has 0 bridgehead atoms. The number of ether oxygens (including phenoxy) is 2. The Labute approximate surface area is 257 Å². The summed E-state index contributed by atoms with van der Waals surface area (Å²) >= 11 is 0. The van der Waals surface area contributed by atoms with E-state index in [0.29, 0.717) is 12.8 Å². The van der Waals surface area contributed by atoms with Crippen LogP contribution in [-0.4, -0.2) is 47.6 Å². The second-order valence-electron chi connectivity index (χ2n) is 11.1. The lowest BCUT2D eigenvalue weighted by Gasteiger charge is -2.15. The number of hydrogen-bond donors (Lipinski definition) is 2. The summed E-state index contributed by atoms with van der Waals surface area (Å²) in [6, 6.07) is 0. The van der Waals surface area contributed by atoms with E-state index in [2.05, 4.69) is 44.2 Å². The molecule has 0 amide bonds. The summed E-state index contributed by atoms with van der Waals surface area (Å²) in [7, 11) is 0. The SMILES string of the molecule is CCCCCCCCCCCCC(=O)O[C@@H](CO)COC(=O)CCC/C=C\C/C=C\C/C=C\C=C\[C@H](O)CCCCC. The molecule has 242 valence electrons. The summed E-state index contributed by atoms with van der Waals surface area (Å²) in [5.74, 6) is -0.688. The Kier molecular flexibility index (Phi) is 30.1. The number of hydrogen-bond acceptors (Lipinski definition) is 6. The highest BCUT2D eigenvalue weighted by molar-refractivity contribution is 5.70. The third-order valence-electron chi connectivity index (χ3n) is 6.98. The van der Waals surface area contributed by atoms with Crippen molar-refractivity contribution in [1.29, 1.82) is 0 Å². The van der Waals surface area contributed by atoms with Crippen molar-refractivity contribution >= 4 is 11.9 Å². The molecular weight excluding hydrogens is 528 g/mol. The topological polar surface area (TPSA) is 93.1 Å². The molecule has 6 nitrogen and oxygen atoms in total. The fraction of sp³-hybridized carbons (Fsp3) is 0.722. The number of rotatable bonds is 29. The van der Waals surface area contributed by atoms with Gasteiger partial charge < -0.3 is 19.7 Å². The quantitative estimate of drug-likeness (QED) is 0.0391. The van der Waals surface area contributed by atoms with E-state index in [1.165, 1.54) is 51.4 Å². The molecule has 0 fully saturated rings. The molecule has 0 saturated carbocycles. The third kappa shape index (κ3) is 29.3. The number of aliphatic hydroxyl groups excluding tert-OH is 2. The zero-order valence-corrected chi connectivity index (χ0v) is 26.9. The van der Waals surface area contributed by atoms with E-state index in [4.69, 9.17) is 9.47 Å². The number of carbonyl (C=O) groups is 2. The van der Waals surface area contributed by atoms with Crippen LogP contribution in [0.25, 0.3) is 0 Å². The highest BCUT2D eigenvalue weighted by Crippen LogP contribution is 2.12. The van der Waals surface area contributed by atoms with E-state index in [0.717, 1.165) is 57.8 Å². The van der Waals surface area contributed by atoms with Crippen LogP contribution in [-0.2, 0) is 19.1 Å². The van der Waals surface area contributed by atoms with E-state index in [9.17, 15) is 19.8 Å². The summed E-state index contributed by atoms with van der Waals surface area (Å²) in [4.78, 5) is 24.0. The minimum absolute atomic E-state index is 0.108. The van der Waals surface area contributed by atoms with Crippen molar-refractivity contribution in [1.82, 2.24) is 0 Å². The van der Waals surface area contributed by atoms with Crippen LogP contribution in [0.4, 0.5) is 0 Å². The Morgan fingerprint density at radius 3 is 1.90 bits per heavy atom. The van der Waals surface area contributed by atoms with Gasteiger partial charge in [-0.25, -0.2) is 0 Å². The van der Waals surface area contributed by atoms with Crippen LogP contribution in [0.2, 0.25) is 0 Å². The van der Waals surface area contributed by atoms with Crippen molar-refractivity contribution in [3.63, 3.8) is 0 Å². The van der Waals surface area contributed by atoms with Crippen LogP contribution in [0, 0.1) is 0 Å². The Morgan fingerprint density at radius 2 is 1.24 bits per heavy atom. The maximum Gasteiger partial charge on any atom is 0.306 e. The Bertz CT molecular complexity index is 739. The molecule has 0 rings (SSSR count). The van der Waals surface area contributed by atoms with Gasteiger partial charge >= 0.3 is 11.9 Å². The fourth-order valence-corrected chi connectivity index (χ4v) is 4.36. The van der Waals surface area contributed by atoms with E-state index >= 15 is 0 Å². The second kappa shape index (κ2) is 31.7. The first-order valence-corrected chi connectivity index (χ1v) is 16.8. The summed E-state index contributed by atoms with van der Waals surface area (Å²) in [5.41, 5.74) is 0. The van der Waals surface area contributed by atoms with Gasteiger partial charge in [-0.05, 0) is 38.5 Å². The molecule has 0 aromatic rings. The Balaban J connectivity index is 3.77. The van der Waals surface area contributed by atoms with Gasteiger partial charge in [0.1, 0.15) is 6.61 Å². The van der Waals surface area contributed by atoms with Gasteiger partial charge in [-0.3, -0.25) is 9.59 Å².